The number of nitrogens with two attached hydrogens (primary N) is 1. The normalized spacial score (nSPS) is 10.5. The van der Waals surface area contributed by atoms with Crippen LogP contribution >= 0.6 is 24.8 Å². The third-order valence-electron chi connectivity index (χ3n) is 1.67. The molecule has 0 radical (unpaired) electrons. The second-order valence-electron chi connectivity index (χ2n) is 2.75. The molecule has 0 aliphatic heterocycles. The number of nitrogens with one attached hydrogen (secondary N) is 1. The van der Waals surface area contributed by atoms with Crippen molar-refractivity contribution < 1.29 is 9.18 Å². The Bertz CT molecular complexity index is 323. The summed E-state index contributed by atoms with van der Waals surface area (Å²) in [7, 11) is 0. The van der Waals surface area contributed by atoms with Crippen molar-refractivity contribution in [3.63, 3.8) is 0 Å². The second kappa shape index (κ2) is 7.31. The first-order valence-corrected chi connectivity index (χ1v) is 3.91. The minimum atomic E-state index is -0.572. The molecule has 0 saturated carbocycles. The molecule has 0 aliphatic carbocycles. The Morgan fingerprint density at radius 1 is 1.40 bits per heavy atom. The molecule has 0 bridgehead atoms. The molecule has 0 saturated heterocycles. The maximum atomic E-state index is 13.0. The van der Waals surface area contributed by atoms with Gasteiger partial charge in [-0.3, -0.25) is 4.79 Å². The van der Waals surface area contributed by atoms with Gasteiger partial charge in [0.2, 0.25) is 5.91 Å². The van der Waals surface area contributed by atoms with Gasteiger partial charge >= 0.3 is 0 Å². The van der Waals surface area contributed by atoms with Gasteiger partial charge in [-0.2, -0.15) is 0 Å². The van der Waals surface area contributed by atoms with Crippen LogP contribution in [0, 0.1) is 5.82 Å². The van der Waals surface area contributed by atoms with Gasteiger partial charge in [-0.25, -0.2) is 4.39 Å². The smallest absolute Gasteiger partial charge is 0.239 e. The molecule has 15 heavy (non-hydrogen) atoms. The van der Waals surface area contributed by atoms with Crippen LogP contribution in [-0.2, 0) is 4.79 Å². The number of primary amides is 1. The van der Waals surface area contributed by atoms with E-state index in [4.69, 9.17) is 5.73 Å². The highest BCUT2D eigenvalue weighted by molar-refractivity contribution is 5.85. The zero-order chi connectivity index (χ0) is 9.84. The number of anilines is 1. The molecule has 1 rings (SSSR count). The van der Waals surface area contributed by atoms with E-state index in [1.807, 2.05) is 0 Å². The fourth-order valence-corrected chi connectivity index (χ4v) is 0.883. The average Bonchev–Trinajstić information content (AvgIpc) is 2.08. The molecule has 0 aromatic heterocycles. The lowest BCUT2D eigenvalue weighted by Crippen LogP contribution is -2.32. The lowest BCUT2D eigenvalue weighted by atomic mass is 10.2. The van der Waals surface area contributed by atoms with Gasteiger partial charge in [-0.1, -0.05) is 12.1 Å². The first-order chi connectivity index (χ1) is 6.11. The van der Waals surface area contributed by atoms with Crippen LogP contribution in [0.25, 0.3) is 0 Å². The van der Waals surface area contributed by atoms with Gasteiger partial charge in [0, 0.05) is 0 Å². The van der Waals surface area contributed by atoms with E-state index in [2.05, 4.69) is 5.32 Å². The quantitative estimate of drug-likeness (QED) is 0.867. The molecule has 0 fully saturated rings. The van der Waals surface area contributed by atoms with Crippen LogP contribution in [0.3, 0.4) is 0 Å². The van der Waals surface area contributed by atoms with Crippen molar-refractivity contribution in [3.05, 3.63) is 30.1 Å². The minimum Gasteiger partial charge on any atom is -0.372 e. The minimum absolute atomic E-state index is 0. The highest BCUT2D eigenvalue weighted by Gasteiger charge is 2.09. The number of rotatable bonds is 3. The highest BCUT2D eigenvalue weighted by atomic mass is 35.5. The number of para-hydroxylation sites is 1. The van der Waals surface area contributed by atoms with E-state index in [1.165, 1.54) is 6.07 Å². The van der Waals surface area contributed by atoms with Crippen LogP contribution < -0.4 is 11.1 Å². The molecule has 0 heterocycles. The standard InChI is InChI=1S/C9H11FN2O.2ClH/c1-6(9(11)13)12-8-5-3-2-4-7(8)10;;/h2-6,12H,1H3,(H2,11,13);2*1H/t6-;;/m1../s1. The molecule has 1 amide bonds. The van der Waals surface area contributed by atoms with Gasteiger partial charge < -0.3 is 11.1 Å². The fourth-order valence-electron chi connectivity index (χ4n) is 0.883. The fraction of sp³-hybridized carbons (Fsp3) is 0.222. The zero-order valence-corrected chi connectivity index (χ0v) is 9.70. The highest BCUT2D eigenvalue weighted by Crippen LogP contribution is 2.13. The number of hydrogen-bond donors (Lipinski definition) is 2. The van der Waals surface area contributed by atoms with E-state index in [0.717, 1.165) is 0 Å². The number of benzene rings is 1. The second-order valence-corrected chi connectivity index (χ2v) is 2.75. The summed E-state index contributed by atoms with van der Waals surface area (Å²) in [4.78, 5) is 10.7. The number of carbonyl (C=O) groups is 1. The van der Waals surface area contributed by atoms with Crippen molar-refractivity contribution >= 4 is 36.4 Å². The largest absolute Gasteiger partial charge is 0.372 e. The van der Waals surface area contributed by atoms with E-state index in [0.29, 0.717) is 0 Å². The van der Waals surface area contributed by atoms with Crippen LogP contribution in [0.2, 0.25) is 0 Å². The van der Waals surface area contributed by atoms with Crippen LogP contribution in [0.4, 0.5) is 10.1 Å². The van der Waals surface area contributed by atoms with Crippen molar-refractivity contribution in [3.8, 4) is 0 Å². The SMILES string of the molecule is C[C@@H](Nc1ccccc1F)C(N)=O.Cl.Cl. The summed E-state index contributed by atoms with van der Waals surface area (Å²) in [5.41, 5.74) is 5.30. The van der Waals surface area contributed by atoms with E-state index >= 15 is 0 Å². The summed E-state index contributed by atoms with van der Waals surface area (Å²) in [5, 5.41) is 2.66. The summed E-state index contributed by atoms with van der Waals surface area (Å²) >= 11 is 0. The van der Waals surface area contributed by atoms with Crippen LogP contribution in [-0.4, -0.2) is 11.9 Å². The van der Waals surface area contributed by atoms with E-state index < -0.39 is 17.8 Å². The zero-order valence-electron chi connectivity index (χ0n) is 8.07. The van der Waals surface area contributed by atoms with Crippen LogP contribution in [0.1, 0.15) is 6.92 Å². The van der Waals surface area contributed by atoms with Gasteiger partial charge in [0.1, 0.15) is 11.9 Å². The number of hydrogen-bond acceptors (Lipinski definition) is 2. The molecule has 1 atom stereocenters. The Morgan fingerprint density at radius 3 is 2.40 bits per heavy atom. The molecule has 86 valence electrons. The van der Waals surface area contributed by atoms with Crippen molar-refractivity contribution in [2.24, 2.45) is 5.73 Å². The Kier molecular flexibility index (Phi) is 8.01. The lowest BCUT2D eigenvalue weighted by molar-refractivity contribution is -0.118. The van der Waals surface area contributed by atoms with E-state index in [1.54, 1.807) is 25.1 Å². The van der Waals surface area contributed by atoms with Crippen molar-refractivity contribution in [1.29, 1.82) is 0 Å². The molecule has 0 spiro atoms. The van der Waals surface area contributed by atoms with Gasteiger partial charge in [-0.15, -0.1) is 24.8 Å². The molecule has 1 aromatic rings. The van der Waals surface area contributed by atoms with Crippen LogP contribution in [0.15, 0.2) is 24.3 Å². The summed E-state index contributed by atoms with van der Waals surface area (Å²) in [6.07, 6.45) is 0. The van der Waals surface area contributed by atoms with Gasteiger partial charge in [0.15, 0.2) is 0 Å². The first kappa shape index (κ1) is 16.4. The summed E-state index contributed by atoms with van der Waals surface area (Å²) in [5.74, 6) is -0.904. The average molecular weight is 255 g/mol. The Balaban J connectivity index is 0. The van der Waals surface area contributed by atoms with E-state index in [9.17, 15) is 9.18 Å². The number of amides is 1. The Labute approximate surface area is 100 Å². The van der Waals surface area contributed by atoms with Crippen LogP contribution in [0.5, 0.6) is 0 Å². The molecule has 3 nitrogen and oxygen atoms in total. The molecule has 6 heteroatoms. The maximum absolute atomic E-state index is 13.0. The number of carbonyl (C=O) groups excluding carboxylic acids is 1. The molecule has 0 unspecified atom stereocenters. The van der Waals surface area contributed by atoms with Gasteiger partial charge in [0.05, 0.1) is 5.69 Å². The van der Waals surface area contributed by atoms with Gasteiger partial charge in [-0.05, 0) is 19.1 Å². The monoisotopic (exact) mass is 254 g/mol. The van der Waals surface area contributed by atoms with Crippen molar-refractivity contribution in [1.82, 2.24) is 0 Å². The molecule has 1 aromatic carbocycles. The molecular formula is C9H13Cl2FN2O. The van der Waals surface area contributed by atoms with E-state index in [-0.39, 0.29) is 30.5 Å². The first-order valence-electron chi connectivity index (χ1n) is 3.91. The lowest BCUT2D eigenvalue weighted by Gasteiger charge is -2.11. The Morgan fingerprint density at radius 2 is 1.93 bits per heavy atom. The Hall–Kier alpha value is -1.00. The summed E-state index contributed by atoms with van der Waals surface area (Å²) in [6, 6.07) is 5.55. The van der Waals surface area contributed by atoms with Gasteiger partial charge in [0.25, 0.3) is 0 Å². The summed E-state index contributed by atoms with van der Waals surface area (Å²) < 4.78 is 13.0. The molecule has 0 aliphatic rings. The maximum Gasteiger partial charge on any atom is 0.239 e. The molecule has 3 N–H and O–H groups in total. The third-order valence-corrected chi connectivity index (χ3v) is 1.67. The molecular weight excluding hydrogens is 242 g/mol. The summed E-state index contributed by atoms with van der Waals surface area (Å²) in [6.45, 7) is 1.58. The predicted molar refractivity (Wildman–Crippen MR) is 63.2 cm³/mol. The number of halogens is 3. The van der Waals surface area contributed by atoms with Crippen molar-refractivity contribution in [2.45, 2.75) is 13.0 Å². The third kappa shape index (κ3) is 4.85. The topological polar surface area (TPSA) is 55.1 Å². The van der Waals surface area contributed by atoms with Crippen molar-refractivity contribution in [2.75, 3.05) is 5.32 Å². The predicted octanol–water partition coefficient (Wildman–Crippen LogP) is 1.95.